The maximum atomic E-state index is 12.3. The number of urea groups is 1. The van der Waals surface area contributed by atoms with E-state index in [9.17, 15) is 9.59 Å². The zero-order valence-electron chi connectivity index (χ0n) is 13.7. The molecule has 0 aromatic heterocycles. The van der Waals surface area contributed by atoms with Crippen LogP contribution in [-0.4, -0.2) is 54.0 Å². The fourth-order valence-electron chi connectivity index (χ4n) is 3.04. The van der Waals surface area contributed by atoms with Crippen molar-refractivity contribution < 1.29 is 9.59 Å². The Morgan fingerprint density at radius 2 is 2.00 bits per heavy atom. The molecule has 1 aliphatic rings. The van der Waals surface area contributed by atoms with E-state index in [0.717, 1.165) is 32.6 Å². The van der Waals surface area contributed by atoms with Crippen LogP contribution in [0.4, 0.5) is 4.79 Å². The fraction of sp³-hybridized carbons (Fsp3) is 0.529. The monoisotopic (exact) mass is 318 g/mol. The van der Waals surface area contributed by atoms with E-state index < -0.39 is 6.03 Å². The molecule has 126 valence electrons. The average molecular weight is 318 g/mol. The SMILES string of the molecule is C[C@H]1CN(Cc2ccccc2)CCCN1C(=O)CCNC(N)=O. The van der Waals surface area contributed by atoms with Gasteiger partial charge in [0.15, 0.2) is 0 Å². The number of nitrogens with zero attached hydrogens (tertiary/aromatic N) is 2. The van der Waals surface area contributed by atoms with Crippen molar-refractivity contribution in [2.45, 2.75) is 32.4 Å². The number of hydrogen-bond acceptors (Lipinski definition) is 3. The van der Waals surface area contributed by atoms with E-state index in [4.69, 9.17) is 5.73 Å². The smallest absolute Gasteiger partial charge is 0.312 e. The zero-order valence-corrected chi connectivity index (χ0v) is 13.7. The van der Waals surface area contributed by atoms with Gasteiger partial charge in [-0.05, 0) is 18.9 Å². The minimum absolute atomic E-state index is 0.0767. The Morgan fingerprint density at radius 1 is 1.26 bits per heavy atom. The van der Waals surface area contributed by atoms with Crippen LogP contribution in [0.5, 0.6) is 0 Å². The first-order chi connectivity index (χ1) is 11.1. The normalized spacial score (nSPS) is 19.2. The predicted octanol–water partition coefficient (Wildman–Crippen LogP) is 1.17. The van der Waals surface area contributed by atoms with Gasteiger partial charge in [0.2, 0.25) is 5.91 Å². The molecule has 1 saturated heterocycles. The van der Waals surface area contributed by atoms with Crippen LogP contribution >= 0.6 is 0 Å². The zero-order chi connectivity index (χ0) is 16.7. The molecule has 1 aromatic carbocycles. The van der Waals surface area contributed by atoms with Gasteiger partial charge in [-0.3, -0.25) is 9.69 Å². The van der Waals surface area contributed by atoms with Gasteiger partial charge in [0, 0.05) is 45.2 Å². The summed E-state index contributed by atoms with van der Waals surface area (Å²) in [4.78, 5) is 27.3. The third-order valence-corrected chi connectivity index (χ3v) is 4.14. The number of amides is 3. The third kappa shape index (κ3) is 5.56. The molecule has 0 bridgehead atoms. The van der Waals surface area contributed by atoms with Crippen LogP contribution in [0.15, 0.2) is 30.3 Å². The quantitative estimate of drug-likeness (QED) is 0.855. The van der Waals surface area contributed by atoms with Crippen molar-refractivity contribution in [2.75, 3.05) is 26.2 Å². The molecule has 1 heterocycles. The van der Waals surface area contributed by atoms with Crippen molar-refractivity contribution in [3.8, 4) is 0 Å². The van der Waals surface area contributed by atoms with E-state index in [2.05, 4.69) is 41.4 Å². The second-order valence-corrected chi connectivity index (χ2v) is 6.05. The molecule has 0 aliphatic carbocycles. The molecule has 0 radical (unpaired) electrons. The van der Waals surface area contributed by atoms with Gasteiger partial charge < -0.3 is 16.0 Å². The molecular formula is C17H26N4O2. The van der Waals surface area contributed by atoms with Gasteiger partial charge in [-0.25, -0.2) is 4.79 Å². The molecule has 1 atom stereocenters. The number of carbonyl (C=O) groups is 2. The lowest BCUT2D eigenvalue weighted by Crippen LogP contribution is -2.43. The molecule has 1 aliphatic heterocycles. The molecule has 0 spiro atoms. The lowest BCUT2D eigenvalue weighted by atomic mass is 10.2. The minimum Gasteiger partial charge on any atom is -0.352 e. The topological polar surface area (TPSA) is 78.7 Å². The maximum absolute atomic E-state index is 12.3. The number of carbonyl (C=O) groups excluding carboxylic acids is 2. The van der Waals surface area contributed by atoms with E-state index in [1.807, 2.05) is 11.0 Å². The molecule has 0 unspecified atom stereocenters. The number of rotatable bonds is 5. The van der Waals surface area contributed by atoms with Gasteiger partial charge in [0.05, 0.1) is 0 Å². The summed E-state index contributed by atoms with van der Waals surface area (Å²) in [6.45, 7) is 5.92. The van der Waals surface area contributed by atoms with Crippen LogP contribution in [0.3, 0.4) is 0 Å². The summed E-state index contributed by atoms with van der Waals surface area (Å²) in [6.07, 6.45) is 1.26. The van der Waals surface area contributed by atoms with Crippen LogP contribution < -0.4 is 11.1 Å². The predicted molar refractivity (Wildman–Crippen MR) is 89.7 cm³/mol. The second kappa shape index (κ2) is 8.53. The van der Waals surface area contributed by atoms with Gasteiger partial charge >= 0.3 is 6.03 Å². The van der Waals surface area contributed by atoms with Crippen LogP contribution in [0.1, 0.15) is 25.3 Å². The Balaban J connectivity index is 1.86. The highest BCUT2D eigenvalue weighted by Crippen LogP contribution is 2.14. The molecular weight excluding hydrogens is 292 g/mol. The molecule has 23 heavy (non-hydrogen) atoms. The Bertz CT molecular complexity index is 521. The Labute approximate surface area is 137 Å². The molecule has 1 aromatic rings. The summed E-state index contributed by atoms with van der Waals surface area (Å²) in [5, 5.41) is 2.47. The molecule has 3 N–H and O–H groups in total. The standard InChI is InChI=1S/C17H26N4O2/c1-14-12-20(13-15-6-3-2-4-7-15)10-5-11-21(14)16(22)8-9-19-17(18)23/h2-4,6-7,14H,5,8-13H2,1H3,(H3,18,19,23)/t14-/m0/s1. The fourth-order valence-corrected chi connectivity index (χ4v) is 3.04. The van der Waals surface area contributed by atoms with Crippen molar-refractivity contribution in [3.63, 3.8) is 0 Å². The number of benzene rings is 1. The lowest BCUT2D eigenvalue weighted by molar-refractivity contribution is -0.132. The van der Waals surface area contributed by atoms with Gasteiger partial charge in [-0.2, -0.15) is 0 Å². The van der Waals surface area contributed by atoms with Crippen molar-refractivity contribution in [1.82, 2.24) is 15.1 Å². The van der Waals surface area contributed by atoms with Gasteiger partial charge in [-0.1, -0.05) is 30.3 Å². The van der Waals surface area contributed by atoms with Crippen LogP contribution in [0.2, 0.25) is 0 Å². The molecule has 0 saturated carbocycles. The second-order valence-electron chi connectivity index (χ2n) is 6.05. The Morgan fingerprint density at radius 3 is 2.70 bits per heavy atom. The summed E-state index contributed by atoms with van der Waals surface area (Å²) in [6, 6.07) is 9.98. The lowest BCUT2D eigenvalue weighted by Gasteiger charge is -2.29. The first-order valence-corrected chi connectivity index (χ1v) is 8.15. The van der Waals surface area contributed by atoms with Crippen molar-refractivity contribution >= 4 is 11.9 Å². The first kappa shape index (κ1) is 17.3. The molecule has 3 amide bonds. The minimum atomic E-state index is -0.587. The highest BCUT2D eigenvalue weighted by atomic mass is 16.2. The Kier molecular flexibility index (Phi) is 6.40. The van der Waals surface area contributed by atoms with Crippen molar-refractivity contribution in [1.29, 1.82) is 0 Å². The summed E-state index contributed by atoms with van der Waals surface area (Å²) in [5.74, 6) is 0.0767. The first-order valence-electron chi connectivity index (χ1n) is 8.15. The maximum Gasteiger partial charge on any atom is 0.312 e. The number of hydrogen-bond donors (Lipinski definition) is 2. The van der Waals surface area contributed by atoms with E-state index >= 15 is 0 Å². The van der Waals surface area contributed by atoms with E-state index in [1.54, 1.807) is 0 Å². The Hall–Kier alpha value is -2.08. The highest BCUT2D eigenvalue weighted by Gasteiger charge is 2.25. The number of nitrogens with two attached hydrogens (primary N) is 1. The third-order valence-electron chi connectivity index (χ3n) is 4.14. The van der Waals surface area contributed by atoms with E-state index in [0.29, 0.717) is 13.0 Å². The van der Waals surface area contributed by atoms with E-state index in [-0.39, 0.29) is 11.9 Å². The van der Waals surface area contributed by atoms with Crippen molar-refractivity contribution in [2.24, 2.45) is 5.73 Å². The highest BCUT2D eigenvalue weighted by molar-refractivity contribution is 5.78. The summed E-state index contributed by atoms with van der Waals surface area (Å²) in [5.41, 5.74) is 6.32. The molecule has 2 rings (SSSR count). The summed E-state index contributed by atoms with van der Waals surface area (Å²) >= 11 is 0. The van der Waals surface area contributed by atoms with Gasteiger partial charge in [0.1, 0.15) is 0 Å². The van der Waals surface area contributed by atoms with Crippen molar-refractivity contribution in [3.05, 3.63) is 35.9 Å². The van der Waals surface area contributed by atoms with Crippen LogP contribution in [0, 0.1) is 0 Å². The molecule has 6 heteroatoms. The molecule has 6 nitrogen and oxygen atoms in total. The van der Waals surface area contributed by atoms with Crippen LogP contribution in [0.25, 0.3) is 0 Å². The van der Waals surface area contributed by atoms with Crippen LogP contribution in [-0.2, 0) is 11.3 Å². The average Bonchev–Trinajstić information content (AvgIpc) is 2.69. The number of primary amides is 1. The largest absolute Gasteiger partial charge is 0.352 e. The number of nitrogens with one attached hydrogen (secondary N) is 1. The van der Waals surface area contributed by atoms with Gasteiger partial charge in [-0.15, -0.1) is 0 Å². The summed E-state index contributed by atoms with van der Waals surface area (Å²) in [7, 11) is 0. The summed E-state index contributed by atoms with van der Waals surface area (Å²) < 4.78 is 0. The van der Waals surface area contributed by atoms with Gasteiger partial charge in [0.25, 0.3) is 0 Å². The molecule has 1 fully saturated rings. The van der Waals surface area contributed by atoms with E-state index in [1.165, 1.54) is 5.56 Å².